The molecule has 0 aromatic rings. The van der Waals surface area contributed by atoms with Gasteiger partial charge in [-0.3, -0.25) is 28.7 Å². The molecule has 242 valence electrons. The van der Waals surface area contributed by atoms with E-state index in [0.717, 1.165) is 9.80 Å². The maximum Gasteiger partial charge on any atom is 1.00 e. The van der Waals surface area contributed by atoms with Crippen molar-refractivity contribution in [3.05, 3.63) is 0 Å². The molecule has 1 unspecified atom stereocenters. The van der Waals surface area contributed by atoms with Crippen LogP contribution >= 0.6 is 45.6 Å². The van der Waals surface area contributed by atoms with Crippen LogP contribution in [-0.2, 0) is 27.4 Å². The Hall–Kier alpha value is 12.2. The van der Waals surface area contributed by atoms with E-state index in [9.17, 15) is 61.6 Å². The summed E-state index contributed by atoms with van der Waals surface area (Å²) in [6.45, 7) is -3.64. The predicted octanol–water partition coefficient (Wildman–Crippen LogP) is -28.4. The van der Waals surface area contributed by atoms with E-state index in [2.05, 4.69) is 0 Å². The fourth-order valence-corrected chi connectivity index (χ4v) is 8.10. The Balaban J connectivity index is -0.000000362. The molecule has 0 fully saturated rings. The molecule has 0 aliphatic carbocycles. The smallest absolute Gasteiger partial charge is 0.810 e. The van der Waals surface area contributed by atoms with Gasteiger partial charge in [0.05, 0.1) is 6.29 Å². The Labute approximate surface area is 571 Å². The van der Waals surface area contributed by atoms with Gasteiger partial charge in [0, 0.05) is 58.1 Å². The van der Waals surface area contributed by atoms with Crippen LogP contribution in [0.25, 0.3) is 0 Å². The minimum absolute atomic E-state index is 0. The van der Waals surface area contributed by atoms with Crippen LogP contribution in [-0.4, -0.2) is 121 Å². The molecule has 0 amide bonds. The van der Waals surface area contributed by atoms with Gasteiger partial charge in [-0.15, -0.1) is 0 Å². The summed E-state index contributed by atoms with van der Waals surface area (Å²) in [5.74, 6) is 0. The van der Waals surface area contributed by atoms with Crippen molar-refractivity contribution in [2.45, 2.75) is 0 Å². The third-order valence-electron chi connectivity index (χ3n) is 4.46. The van der Waals surface area contributed by atoms with Crippen LogP contribution in [0.2, 0.25) is 0 Å². The fourth-order valence-electron chi connectivity index (χ4n) is 3.24. The molecule has 35 heteroatoms. The first-order valence-electron chi connectivity index (χ1n) is 10.6. The van der Waals surface area contributed by atoms with Gasteiger partial charge < -0.3 is 77.0 Å². The summed E-state index contributed by atoms with van der Waals surface area (Å²) in [6.07, 6.45) is -7.58. The molecule has 0 saturated heterocycles. The molecule has 0 heterocycles. The van der Waals surface area contributed by atoms with Gasteiger partial charge in [-0.1, -0.05) is 22.8 Å². The second-order valence-corrected chi connectivity index (χ2v) is 18.0. The van der Waals surface area contributed by atoms with Gasteiger partial charge in [0.15, 0.2) is 0 Å². The fraction of sp³-hybridized carbons (Fsp3) is 1.00. The summed E-state index contributed by atoms with van der Waals surface area (Å²) in [7, 11) is -31.0. The van der Waals surface area contributed by atoms with Crippen LogP contribution in [0.5, 0.6) is 0 Å². The van der Waals surface area contributed by atoms with Gasteiger partial charge in [0.2, 0.25) is 0 Å². The van der Waals surface area contributed by atoms with Crippen LogP contribution in [0.15, 0.2) is 0 Å². The monoisotopic (exact) mass is 976 g/mol. The Morgan fingerprint density at radius 2 is 0.532 bits per heavy atom. The third-order valence-corrected chi connectivity index (χ3v) is 9.00. The second kappa shape index (κ2) is 36.5. The molecule has 0 aliphatic heterocycles. The topological polar surface area (TPSA) is 378 Å². The number of rotatable bonds is 21. The van der Waals surface area contributed by atoms with Gasteiger partial charge in [0.25, 0.3) is 0 Å². The predicted molar refractivity (Wildman–Crippen MR) is 122 cm³/mol. The van der Waals surface area contributed by atoms with Crippen molar-refractivity contribution in [3.63, 3.8) is 0 Å². The first-order chi connectivity index (χ1) is 17.5. The zero-order valence-electron chi connectivity index (χ0n) is 27.5. The van der Waals surface area contributed by atoms with Crippen LogP contribution < -0.4 is 394 Å². The minimum Gasteiger partial charge on any atom is -0.810 e. The normalized spacial score (nSPS) is 13.5. The van der Waals surface area contributed by atoms with Crippen LogP contribution in [0.3, 0.4) is 0 Å². The Kier molecular flexibility index (Phi) is 59.4. The van der Waals surface area contributed by atoms with Crippen molar-refractivity contribution in [1.29, 1.82) is 0 Å². The van der Waals surface area contributed by atoms with Gasteiger partial charge in [-0.2, -0.15) is 0 Å². The molecular weight excluding hydrogens is 948 g/mol. The molecule has 5 N–H and O–H groups in total. The van der Waals surface area contributed by atoms with Crippen LogP contribution in [0, 0.1) is 0 Å². The molecule has 0 saturated carbocycles. The maximum absolute atomic E-state index is 11.3. The van der Waals surface area contributed by atoms with Crippen molar-refractivity contribution < 1.29 is 446 Å². The van der Waals surface area contributed by atoms with E-state index in [1.807, 2.05) is 0 Å². The van der Waals surface area contributed by atoms with E-state index in [1.54, 1.807) is 0 Å². The summed E-state index contributed by atoms with van der Waals surface area (Å²) in [6, 6.07) is 0. The molecule has 0 rings (SSSR count). The van der Waals surface area contributed by atoms with E-state index in [4.69, 9.17) is 24.5 Å². The molecule has 22 nitrogen and oxygen atoms in total. The maximum atomic E-state index is 11.3. The quantitative estimate of drug-likeness (QED) is 0.0527. The van der Waals surface area contributed by atoms with Crippen molar-refractivity contribution in [2.75, 3.05) is 77.0 Å². The van der Waals surface area contributed by atoms with E-state index < -0.39 is 123 Å². The summed E-state index contributed by atoms with van der Waals surface area (Å²) < 4.78 is 67.4. The van der Waals surface area contributed by atoms with Crippen LogP contribution in [0.1, 0.15) is 0 Å². The molecule has 0 spiro atoms. The molecular formula is C12H29K7N4O18P6. The summed E-state index contributed by atoms with van der Waals surface area (Å²) in [5, 5.41) is 0. The van der Waals surface area contributed by atoms with Crippen LogP contribution in [0.4, 0.5) is 0 Å². The largest absolute Gasteiger partial charge is 1.00 e. The summed E-state index contributed by atoms with van der Waals surface area (Å²) in [5.41, 5.74) is 0. The van der Waals surface area contributed by atoms with E-state index in [1.165, 1.54) is 0 Å². The Morgan fingerprint density at radius 3 is 0.723 bits per heavy atom. The number of hydrogen-bond acceptors (Lipinski definition) is 17. The second-order valence-electron chi connectivity index (χ2n) is 8.67. The van der Waals surface area contributed by atoms with Crippen molar-refractivity contribution in [3.8, 4) is 0 Å². The molecule has 0 bridgehead atoms. The van der Waals surface area contributed by atoms with Gasteiger partial charge in [-0.05, 0) is 0 Å². The Bertz CT molecular complexity index is 970. The van der Waals surface area contributed by atoms with Crippen molar-refractivity contribution in [2.24, 2.45) is 0 Å². The molecule has 0 aliphatic rings. The van der Waals surface area contributed by atoms with E-state index in [0.29, 0.717) is 9.80 Å². The van der Waals surface area contributed by atoms with E-state index >= 15 is 0 Å². The Morgan fingerprint density at radius 1 is 0.340 bits per heavy atom. The van der Waals surface area contributed by atoms with Crippen molar-refractivity contribution in [1.82, 2.24) is 19.6 Å². The first-order valence-corrected chi connectivity index (χ1v) is 21.1. The standard InChI is InChI=1S/C12H36N4O18P6.7K/c17-35(18,19)7-13(3-5-15(9-37(23,24)25)10-38(26,27)28)1-2-14(8-36(20,21)22)4-6-16(11-39(29,30)31)12-40(32,33)34;;;;;;;/h1-12H2,(H2,17,18,19)(H2,20,21,22)(H2,23,24,25)(H2,26,27,28)(H2,29,30,31)(H2,32,33,34);;;;;;;/q;7*+1/p-7. The SMILES string of the molecule is O=P([O-])([O-])CN(CCN(CCN(CP(=O)(O)O)CP(=O)(O)O)CP(=O)([O-])[O-])CCN(CP(=O)([O-])[O-])CP(=O)([O-])O.[K+].[K+].[K+].[K+].[K+].[K+].[K+]. The van der Waals surface area contributed by atoms with Gasteiger partial charge in [-0.25, -0.2) is 0 Å². The molecule has 47 heavy (non-hydrogen) atoms. The van der Waals surface area contributed by atoms with E-state index in [-0.39, 0.29) is 360 Å². The molecule has 0 aromatic heterocycles. The molecule has 0 aromatic carbocycles. The number of nitrogens with zero attached hydrogens (tertiary/aromatic N) is 4. The zero-order valence-corrected chi connectivity index (χ0v) is 54.7. The summed E-state index contributed by atoms with van der Waals surface area (Å²) in [4.78, 5) is 127. The van der Waals surface area contributed by atoms with Gasteiger partial charge >= 0.3 is 375 Å². The van der Waals surface area contributed by atoms with Crippen molar-refractivity contribution >= 4 is 45.6 Å². The van der Waals surface area contributed by atoms with Gasteiger partial charge in [0.1, 0.15) is 20.2 Å². The average Bonchev–Trinajstić information content (AvgIpc) is 2.60. The number of hydrogen-bond donors (Lipinski definition) is 5. The molecule has 1 atom stereocenters. The zero-order chi connectivity index (χ0) is 31.8. The average molecular weight is 977 g/mol. The summed E-state index contributed by atoms with van der Waals surface area (Å²) >= 11 is 0. The molecule has 0 radical (unpaired) electrons. The third kappa shape index (κ3) is 56.2. The first kappa shape index (κ1) is 76.5. The minimum atomic E-state index is -5.38.